The number of aliphatic hydroxyl groups excluding tert-OH is 1. The van der Waals surface area contributed by atoms with Gasteiger partial charge in [0, 0.05) is 18.3 Å². The third-order valence-corrected chi connectivity index (χ3v) is 6.13. The van der Waals surface area contributed by atoms with E-state index >= 15 is 0 Å². The standard InChI is InChI=1S/C19H22O6/c1-8-6-9(2)14(21)13-17-19(25-18(13)23)7-10(3)16(24-17)15(22)11(19)4-5-12(8)20/h4-5,8-11,15-16,22H,6-7H2,1-3H3/b5-4-/t8-,9+,10+,11?,15+,16+,19+/m1/s1. The molecule has 0 aromatic rings. The van der Waals surface area contributed by atoms with E-state index in [1.807, 2.05) is 6.92 Å². The number of hydrogen-bond donors (Lipinski definition) is 1. The minimum absolute atomic E-state index is 0.0252. The third kappa shape index (κ3) is 2.09. The Labute approximate surface area is 145 Å². The Hall–Kier alpha value is -1.95. The maximum atomic E-state index is 12.9. The van der Waals surface area contributed by atoms with Gasteiger partial charge < -0.3 is 14.6 Å². The summed E-state index contributed by atoms with van der Waals surface area (Å²) in [7, 11) is 0. The van der Waals surface area contributed by atoms with Crippen molar-refractivity contribution in [1.82, 2.24) is 0 Å². The Kier molecular flexibility index (Phi) is 3.48. The van der Waals surface area contributed by atoms with Crippen molar-refractivity contribution in [2.24, 2.45) is 23.7 Å². The highest BCUT2D eigenvalue weighted by molar-refractivity contribution is 6.20. The van der Waals surface area contributed by atoms with Crippen molar-refractivity contribution in [2.75, 3.05) is 0 Å². The van der Waals surface area contributed by atoms with Crippen molar-refractivity contribution in [3.05, 3.63) is 23.5 Å². The molecule has 2 aliphatic carbocycles. The largest absolute Gasteiger partial charge is 0.486 e. The first-order valence-corrected chi connectivity index (χ1v) is 8.85. The van der Waals surface area contributed by atoms with Gasteiger partial charge in [0.25, 0.3) is 0 Å². The zero-order valence-corrected chi connectivity index (χ0v) is 14.5. The molecule has 7 atom stereocenters. The van der Waals surface area contributed by atoms with E-state index in [0.29, 0.717) is 12.8 Å². The summed E-state index contributed by atoms with van der Waals surface area (Å²) in [5.41, 5.74) is -1.21. The van der Waals surface area contributed by atoms with Gasteiger partial charge in [-0.25, -0.2) is 4.79 Å². The summed E-state index contributed by atoms with van der Waals surface area (Å²) < 4.78 is 11.6. The molecule has 3 heterocycles. The molecule has 0 radical (unpaired) electrons. The van der Waals surface area contributed by atoms with Crippen LogP contribution in [0.5, 0.6) is 0 Å². The molecular formula is C19H22O6. The van der Waals surface area contributed by atoms with Crippen molar-refractivity contribution >= 4 is 17.5 Å². The van der Waals surface area contributed by atoms with E-state index in [2.05, 4.69) is 0 Å². The number of ether oxygens (including phenoxy) is 2. The number of ketones is 2. The molecule has 5 bridgehead atoms. The van der Waals surface area contributed by atoms with E-state index in [-0.39, 0.29) is 34.7 Å². The van der Waals surface area contributed by atoms with Crippen LogP contribution in [-0.2, 0) is 23.9 Å². The Morgan fingerprint density at radius 3 is 2.60 bits per heavy atom. The van der Waals surface area contributed by atoms with Gasteiger partial charge >= 0.3 is 5.97 Å². The number of rotatable bonds is 0. The van der Waals surface area contributed by atoms with Crippen LogP contribution in [0.3, 0.4) is 0 Å². The van der Waals surface area contributed by atoms with Gasteiger partial charge in [0.15, 0.2) is 22.9 Å². The van der Waals surface area contributed by atoms with E-state index in [0.717, 1.165) is 0 Å². The second-order valence-corrected chi connectivity index (χ2v) is 7.93. The predicted molar refractivity (Wildman–Crippen MR) is 86.1 cm³/mol. The van der Waals surface area contributed by atoms with Crippen LogP contribution in [0.2, 0.25) is 0 Å². The molecule has 3 aliphatic heterocycles. The topological polar surface area (TPSA) is 89.9 Å². The molecule has 25 heavy (non-hydrogen) atoms. The number of hydrogen-bond acceptors (Lipinski definition) is 6. The molecule has 134 valence electrons. The number of aliphatic hydroxyl groups is 1. The van der Waals surface area contributed by atoms with Crippen LogP contribution in [0, 0.1) is 23.7 Å². The van der Waals surface area contributed by atoms with Crippen LogP contribution in [-0.4, -0.2) is 40.5 Å². The number of esters is 1. The lowest BCUT2D eigenvalue weighted by molar-refractivity contribution is -0.220. The van der Waals surface area contributed by atoms with E-state index in [9.17, 15) is 19.5 Å². The molecule has 0 amide bonds. The average molecular weight is 346 g/mol. The first kappa shape index (κ1) is 16.5. The van der Waals surface area contributed by atoms with Gasteiger partial charge in [-0.15, -0.1) is 0 Å². The maximum absolute atomic E-state index is 12.9. The third-order valence-electron chi connectivity index (χ3n) is 6.13. The van der Waals surface area contributed by atoms with Gasteiger partial charge in [0.1, 0.15) is 17.8 Å². The zero-order chi connectivity index (χ0) is 18.1. The molecule has 3 fully saturated rings. The van der Waals surface area contributed by atoms with Crippen molar-refractivity contribution in [3.8, 4) is 0 Å². The summed E-state index contributed by atoms with van der Waals surface area (Å²) in [6, 6.07) is 0. The first-order chi connectivity index (χ1) is 11.8. The van der Waals surface area contributed by atoms with Crippen LogP contribution < -0.4 is 0 Å². The van der Waals surface area contributed by atoms with Gasteiger partial charge in [-0.3, -0.25) is 9.59 Å². The van der Waals surface area contributed by atoms with Gasteiger partial charge in [-0.1, -0.05) is 26.8 Å². The first-order valence-electron chi connectivity index (χ1n) is 8.85. The highest BCUT2D eigenvalue weighted by Crippen LogP contribution is 2.56. The minimum Gasteiger partial charge on any atom is -0.486 e. The number of Topliss-reactive ketones (excluding diaryl/α,β-unsaturated/α-hetero) is 1. The molecule has 2 saturated heterocycles. The molecule has 5 aliphatic rings. The molecule has 1 N–H and O–H groups in total. The summed E-state index contributed by atoms with van der Waals surface area (Å²) in [6.07, 6.45) is 2.51. The monoisotopic (exact) mass is 346 g/mol. The van der Waals surface area contributed by atoms with E-state index < -0.39 is 35.6 Å². The Bertz CT molecular complexity index is 734. The van der Waals surface area contributed by atoms with Crippen LogP contribution in [0.1, 0.15) is 33.6 Å². The van der Waals surface area contributed by atoms with E-state index in [1.165, 1.54) is 6.08 Å². The van der Waals surface area contributed by atoms with Gasteiger partial charge in [0.05, 0.1) is 5.92 Å². The summed E-state index contributed by atoms with van der Waals surface area (Å²) in [4.78, 5) is 37.8. The summed E-state index contributed by atoms with van der Waals surface area (Å²) in [5, 5.41) is 10.7. The lowest BCUT2D eigenvalue weighted by atomic mass is 9.64. The Morgan fingerprint density at radius 1 is 1.16 bits per heavy atom. The molecule has 0 aromatic heterocycles. The van der Waals surface area contributed by atoms with Crippen molar-refractivity contribution in [3.63, 3.8) is 0 Å². The van der Waals surface area contributed by atoms with Crippen molar-refractivity contribution in [1.29, 1.82) is 0 Å². The quantitative estimate of drug-likeness (QED) is 0.526. The minimum atomic E-state index is -1.18. The summed E-state index contributed by atoms with van der Waals surface area (Å²) in [6.45, 7) is 5.41. The average Bonchev–Trinajstić information content (AvgIpc) is 2.83. The second-order valence-electron chi connectivity index (χ2n) is 7.93. The lowest BCUT2D eigenvalue weighted by Crippen LogP contribution is -2.63. The van der Waals surface area contributed by atoms with Gasteiger partial charge in [-0.05, 0) is 18.4 Å². The molecular weight excluding hydrogens is 324 g/mol. The number of carbonyl (C=O) groups excluding carboxylic acids is 3. The van der Waals surface area contributed by atoms with Gasteiger partial charge in [0.2, 0.25) is 0 Å². The van der Waals surface area contributed by atoms with Crippen LogP contribution in [0.15, 0.2) is 23.5 Å². The maximum Gasteiger partial charge on any atom is 0.346 e. The van der Waals surface area contributed by atoms with Crippen molar-refractivity contribution < 1.29 is 29.0 Å². The van der Waals surface area contributed by atoms with Gasteiger partial charge in [-0.2, -0.15) is 0 Å². The highest BCUT2D eigenvalue weighted by Gasteiger charge is 2.67. The SMILES string of the molecule is C[C@@H]1C[C@H](C)C(=O)C2=C3O[C@H]4[C@@H](C)C[C@]3(OC2=O)C(/C=C\C1=O)[C@@H]4O. The second kappa shape index (κ2) is 5.27. The number of carbonyl (C=O) groups is 3. The number of fused-ring (bicyclic) bond motifs is 1. The van der Waals surface area contributed by atoms with E-state index in [1.54, 1.807) is 19.9 Å². The smallest absolute Gasteiger partial charge is 0.346 e. The Morgan fingerprint density at radius 2 is 1.88 bits per heavy atom. The van der Waals surface area contributed by atoms with Crippen LogP contribution in [0.4, 0.5) is 0 Å². The van der Waals surface area contributed by atoms with Crippen molar-refractivity contribution in [2.45, 2.75) is 51.4 Å². The molecule has 0 aromatic carbocycles. The molecule has 5 rings (SSSR count). The van der Waals surface area contributed by atoms with Crippen LogP contribution in [0.25, 0.3) is 0 Å². The molecule has 1 saturated carbocycles. The normalized spacial score (nSPS) is 47.3. The summed E-state index contributed by atoms with van der Waals surface area (Å²) >= 11 is 0. The lowest BCUT2D eigenvalue weighted by Gasteiger charge is -2.54. The fourth-order valence-electron chi connectivity index (χ4n) is 4.79. The predicted octanol–water partition coefficient (Wildman–Crippen LogP) is 1.32. The Balaban J connectivity index is 1.93. The molecule has 6 nitrogen and oxygen atoms in total. The highest BCUT2D eigenvalue weighted by atomic mass is 16.6. The molecule has 1 unspecified atom stereocenters. The summed E-state index contributed by atoms with van der Waals surface area (Å²) in [5.74, 6) is -2.27. The number of allylic oxidation sites excluding steroid dienone is 1. The van der Waals surface area contributed by atoms with E-state index in [4.69, 9.17) is 9.47 Å². The molecule has 1 spiro atoms. The van der Waals surface area contributed by atoms with Crippen LogP contribution >= 0.6 is 0 Å². The molecule has 6 heteroatoms. The fraction of sp³-hybridized carbons (Fsp3) is 0.632. The fourth-order valence-corrected chi connectivity index (χ4v) is 4.79. The zero-order valence-electron chi connectivity index (χ0n) is 14.5.